The van der Waals surface area contributed by atoms with Gasteiger partial charge < -0.3 is 10.3 Å². The largest absolute Gasteiger partial charge is 0.331 e. The van der Waals surface area contributed by atoms with Crippen LogP contribution < -0.4 is 5.73 Å². The molecule has 0 saturated carbocycles. The lowest BCUT2D eigenvalue weighted by Gasteiger charge is -2.11. The summed E-state index contributed by atoms with van der Waals surface area (Å²) in [6, 6.07) is 6.49. The van der Waals surface area contributed by atoms with Crippen molar-refractivity contribution in [2.45, 2.75) is 32.9 Å². The van der Waals surface area contributed by atoms with Gasteiger partial charge in [0, 0.05) is 31.1 Å². The van der Waals surface area contributed by atoms with E-state index in [4.69, 9.17) is 5.73 Å². The number of nitrogens with zero attached hydrogens (tertiary/aromatic N) is 3. The van der Waals surface area contributed by atoms with Gasteiger partial charge in [-0.3, -0.25) is 10.1 Å². The first kappa shape index (κ1) is 14.2. The van der Waals surface area contributed by atoms with Crippen LogP contribution in [0.2, 0.25) is 0 Å². The highest BCUT2D eigenvalue weighted by atomic mass is 16.6. The van der Waals surface area contributed by atoms with Gasteiger partial charge in [-0.2, -0.15) is 0 Å². The highest BCUT2D eigenvalue weighted by molar-refractivity contribution is 5.34. The topological polar surface area (TPSA) is 87.0 Å². The van der Waals surface area contributed by atoms with Crippen molar-refractivity contribution in [1.82, 2.24) is 9.55 Å². The number of nitro groups is 1. The van der Waals surface area contributed by atoms with Gasteiger partial charge in [0.15, 0.2) is 0 Å². The summed E-state index contributed by atoms with van der Waals surface area (Å²) in [7, 11) is 0. The van der Waals surface area contributed by atoms with Crippen molar-refractivity contribution in [2.24, 2.45) is 5.73 Å². The zero-order valence-electron chi connectivity index (χ0n) is 11.6. The molecular weight excluding hydrogens is 256 g/mol. The van der Waals surface area contributed by atoms with Crippen molar-refractivity contribution >= 4 is 5.69 Å². The molecule has 0 bridgehead atoms. The monoisotopic (exact) mass is 274 g/mol. The number of imidazole rings is 1. The predicted octanol–water partition coefficient (Wildman–Crippen LogP) is 2.42. The molecule has 0 fully saturated rings. The van der Waals surface area contributed by atoms with Crippen molar-refractivity contribution in [3.63, 3.8) is 0 Å². The van der Waals surface area contributed by atoms with E-state index in [-0.39, 0.29) is 11.7 Å². The van der Waals surface area contributed by atoms with Gasteiger partial charge >= 0.3 is 0 Å². The molecule has 2 rings (SSSR count). The number of rotatable bonds is 5. The highest BCUT2D eigenvalue weighted by Crippen LogP contribution is 2.17. The molecule has 0 radical (unpaired) electrons. The average molecular weight is 274 g/mol. The highest BCUT2D eigenvalue weighted by Gasteiger charge is 2.12. The molecule has 6 heteroatoms. The molecule has 2 N–H and O–H groups in total. The number of aromatic nitrogens is 2. The van der Waals surface area contributed by atoms with E-state index < -0.39 is 4.92 Å². The summed E-state index contributed by atoms with van der Waals surface area (Å²) in [5, 5.41) is 10.6. The molecule has 1 aromatic carbocycles. The summed E-state index contributed by atoms with van der Waals surface area (Å²) in [4.78, 5) is 14.6. The van der Waals surface area contributed by atoms with Crippen molar-refractivity contribution in [3.05, 3.63) is 57.7 Å². The van der Waals surface area contributed by atoms with Gasteiger partial charge in [0.1, 0.15) is 5.82 Å². The minimum atomic E-state index is -0.398. The fourth-order valence-electron chi connectivity index (χ4n) is 2.22. The van der Waals surface area contributed by atoms with E-state index in [1.54, 1.807) is 18.3 Å². The number of hydrogen-bond acceptors (Lipinski definition) is 4. The minimum Gasteiger partial charge on any atom is -0.331 e. The molecule has 20 heavy (non-hydrogen) atoms. The first-order valence-corrected chi connectivity index (χ1v) is 6.56. The minimum absolute atomic E-state index is 0.0620. The van der Waals surface area contributed by atoms with Crippen LogP contribution in [-0.2, 0) is 13.0 Å². The van der Waals surface area contributed by atoms with Crippen LogP contribution in [0.15, 0.2) is 30.5 Å². The molecule has 2 aromatic rings. The quantitative estimate of drug-likeness (QED) is 0.670. The lowest BCUT2D eigenvalue weighted by atomic mass is 10.1. The Bertz CT molecular complexity index is 602. The molecule has 0 aliphatic rings. The van der Waals surface area contributed by atoms with Crippen LogP contribution in [0.1, 0.15) is 37.0 Å². The summed E-state index contributed by atoms with van der Waals surface area (Å²) >= 11 is 0. The van der Waals surface area contributed by atoms with Crippen LogP contribution in [0.4, 0.5) is 5.69 Å². The van der Waals surface area contributed by atoms with Gasteiger partial charge in [0.05, 0.1) is 16.8 Å². The van der Waals surface area contributed by atoms with Crippen molar-refractivity contribution in [3.8, 4) is 0 Å². The Morgan fingerprint density at radius 2 is 2.05 bits per heavy atom. The van der Waals surface area contributed by atoms with E-state index in [1.165, 1.54) is 12.1 Å². The van der Waals surface area contributed by atoms with E-state index in [0.717, 1.165) is 23.6 Å². The second kappa shape index (κ2) is 5.83. The molecule has 0 aliphatic heterocycles. The molecule has 0 aliphatic carbocycles. The van der Waals surface area contributed by atoms with Crippen LogP contribution in [0, 0.1) is 10.1 Å². The Morgan fingerprint density at radius 1 is 1.40 bits per heavy atom. The SMILES string of the molecule is CCn1c(C(C)N)cnc1Cc1ccc([N+](=O)[O-])cc1. The smallest absolute Gasteiger partial charge is 0.269 e. The van der Waals surface area contributed by atoms with Gasteiger partial charge in [-0.1, -0.05) is 12.1 Å². The van der Waals surface area contributed by atoms with Crippen LogP contribution in [0.5, 0.6) is 0 Å². The summed E-state index contributed by atoms with van der Waals surface area (Å²) < 4.78 is 2.09. The number of non-ortho nitro benzene ring substituents is 1. The standard InChI is InChI=1S/C14H18N4O2/c1-3-17-13(10(2)15)9-16-14(17)8-11-4-6-12(7-5-11)18(19)20/h4-7,9-10H,3,8,15H2,1-2H3. The Kier molecular flexibility index (Phi) is 4.14. The second-order valence-corrected chi connectivity index (χ2v) is 4.73. The first-order chi connectivity index (χ1) is 9.52. The lowest BCUT2D eigenvalue weighted by Crippen LogP contribution is -2.13. The fourth-order valence-corrected chi connectivity index (χ4v) is 2.22. The van der Waals surface area contributed by atoms with E-state index in [1.807, 2.05) is 13.8 Å². The van der Waals surface area contributed by atoms with Crippen molar-refractivity contribution < 1.29 is 4.92 Å². The molecule has 106 valence electrons. The zero-order chi connectivity index (χ0) is 14.7. The van der Waals surface area contributed by atoms with E-state index in [0.29, 0.717) is 6.42 Å². The van der Waals surface area contributed by atoms with Crippen LogP contribution in [0.25, 0.3) is 0 Å². The number of nitro benzene ring substituents is 1. The van der Waals surface area contributed by atoms with Crippen LogP contribution in [0.3, 0.4) is 0 Å². The maximum absolute atomic E-state index is 10.6. The van der Waals surface area contributed by atoms with Gasteiger partial charge in [-0.15, -0.1) is 0 Å². The van der Waals surface area contributed by atoms with Crippen LogP contribution >= 0.6 is 0 Å². The fraction of sp³-hybridized carbons (Fsp3) is 0.357. The molecule has 1 heterocycles. The zero-order valence-corrected chi connectivity index (χ0v) is 11.6. The summed E-state index contributed by atoms with van der Waals surface area (Å²) in [6.45, 7) is 4.78. The van der Waals surface area contributed by atoms with Gasteiger partial charge in [0.25, 0.3) is 5.69 Å². The second-order valence-electron chi connectivity index (χ2n) is 4.73. The van der Waals surface area contributed by atoms with E-state index >= 15 is 0 Å². The number of benzene rings is 1. The molecule has 1 atom stereocenters. The Morgan fingerprint density at radius 3 is 2.55 bits per heavy atom. The molecule has 6 nitrogen and oxygen atoms in total. The van der Waals surface area contributed by atoms with E-state index in [2.05, 4.69) is 9.55 Å². The molecule has 0 spiro atoms. The maximum Gasteiger partial charge on any atom is 0.269 e. The van der Waals surface area contributed by atoms with Gasteiger partial charge in [-0.25, -0.2) is 4.98 Å². The summed E-state index contributed by atoms with van der Waals surface area (Å²) in [5.41, 5.74) is 8.01. The third kappa shape index (κ3) is 2.85. The molecule has 1 unspecified atom stereocenters. The predicted molar refractivity (Wildman–Crippen MR) is 76.4 cm³/mol. The maximum atomic E-state index is 10.6. The van der Waals surface area contributed by atoms with Gasteiger partial charge in [-0.05, 0) is 19.4 Å². The molecule has 0 saturated heterocycles. The Labute approximate surface area is 117 Å². The third-order valence-corrected chi connectivity index (χ3v) is 3.26. The molecular formula is C14H18N4O2. The Hall–Kier alpha value is -2.21. The van der Waals surface area contributed by atoms with Gasteiger partial charge in [0.2, 0.25) is 0 Å². The first-order valence-electron chi connectivity index (χ1n) is 6.56. The summed E-state index contributed by atoms with van der Waals surface area (Å²) in [6.07, 6.45) is 2.44. The number of hydrogen-bond donors (Lipinski definition) is 1. The molecule has 1 aromatic heterocycles. The van der Waals surface area contributed by atoms with Crippen molar-refractivity contribution in [2.75, 3.05) is 0 Å². The lowest BCUT2D eigenvalue weighted by molar-refractivity contribution is -0.384. The van der Waals surface area contributed by atoms with E-state index in [9.17, 15) is 10.1 Å². The van der Waals surface area contributed by atoms with Crippen LogP contribution in [-0.4, -0.2) is 14.5 Å². The third-order valence-electron chi connectivity index (χ3n) is 3.26. The molecule has 0 amide bonds. The number of nitrogens with two attached hydrogens (primary N) is 1. The summed E-state index contributed by atoms with van der Waals surface area (Å²) in [5.74, 6) is 0.925. The van der Waals surface area contributed by atoms with Crippen molar-refractivity contribution in [1.29, 1.82) is 0 Å². The average Bonchev–Trinajstić information content (AvgIpc) is 2.82. The normalized spacial score (nSPS) is 12.3. The Balaban J connectivity index is 2.23.